The van der Waals surface area contributed by atoms with Crippen LogP contribution in [0.3, 0.4) is 0 Å². The maximum Gasteiger partial charge on any atom is 0.262 e. The molecule has 0 unspecified atom stereocenters. The van der Waals surface area contributed by atoms with E-state index in [9.17, 15) is 9.59 Å². The molecule has 0 saturated carbocycles. The minimum absolute atomic E-state index is 0.137. The fourth-order valence-electron chi connectivity index (χ4n) is 1.78. The first-order chi connectivity index (χ1) is 10.6. The molecule has 114 valence electrons. The molecule has 2 aromatic carbocycles. The lowest BCUT2D eigenvalue weighted by Crippen LogP contribution is -2.21. The van der Waals surface area contributed by atoms with Gasteiger partial charge in [-0.05, 0) is 46.9 Å². The minimum Gasteiger partial charge on any atom is -0.482 e. The van der Waals surface area contributed by atoms with Gasteiger partial charge in [0, 0.05) is 10.5 Å². The van der Waals surface area contributed by atoms with E-state index in [1.54, 1.807) is 24.3 Å². The van der Waals surface area contributed by atoms with Gasteiger partial charge in [0.2, 0.25) is 5.91 Å². The molecule has 0 aliphatic rings. The Morgan fingerprint density at radius 2 is 1.64 bits per heavy atom. The van der Waals surface area contributed by atoms with Crippen LogP contribution in [-0.2, 0) is 9.59 Å². The molecule has 22 heavy (non-hydrogen) atoms. The van der Waals surface area contributed by atoms with Crippen molar-refractivity contribution < 1.29 is 14.3 Å². The van der Waals surface area contributed by atoms with E-state index in [0.717, 1.165) is 9.26 Å². The van der Waals surface area contributed by atoms with Gasteiger partial charge in [0.15, 0.2) is 6.61 Å². The number of anilines is 2. The molecule has 2 N–H and O–H groups in total. The average molecular weight is 410 g/mol. The number of amides is 2. The van der Waals surface area contributed by atoms with E-state index in [0.29, 0.717) is 11.4 Å². The van der Waals surface area contributed by atoms with Crippen LogP contribution >= 0.6 is 22.6 Å². The summed E-state index contributed by atoms with van der Waals surface area (Å²) >= 11 is 2.15. The molecule has 0 fully saturated rings. The molecular formula is C16H15IN2O3. The SMILES string of the molecule is CC(=O)Nc1ccccc1OCC(=O)Nc1ccccc1I. The van der Waals surface area contributed by atoms with Gasteiger partial charge in [-0.3, -0.25) is 9.59 Å². The van der Waals surface area contributed by atoms with E-state index in [1.165, 1.54) is 6.92 Å². The van der Waals surface area contributed by atoms with Crippen molar-refractivity contribution in [3.05, 3.63) is 52.1 Å². The minimum atomic E-state index is -0.262. The van der Waals surface area contributed by atoms with Gasteiger partial charge in [-0.1, -0.05) is 24.3 Å². The Kier molecular flexibility index (Phi) is 5.76. The molecule has 5 nitrogen and oxygen atoms in total. The number of benzene rings is 2. The third kappa shape index (κ3) is 4.73. The van der Waals surface area contributed by atoms with E-state index in [1.807, 2.05) is 24.3 Å². The summed E-state index contributed by atoms with van der Waals surface area (Å²) in [5, 5.41) is 5.44. The van der Waals surface area contributed by atoms with Crippen LogP contribution in [0.15, 0.2) is 48.5 Å². The second kappa shape index (κ2) is 7.79. The van der Waals surface area contributed by atoms with Gasteiger partial charge in [-0.15, -0.1) is 0 Å². The quantitative estimate of drug-likeness (QED) is 0.744. The Bertz CT molecular complexity index is 689. The van der Waals surface area contributed by atoms with Crippen LogP contribution in [-0.4, -0.2) is 18.4 Å². The lowest BCUT2D eigenvalue weighted by atomic mass is 10.3. The van der Waals surface area contributed by atoms with Crippen LogP contribution in [0.1, 0.15) is 6.92 Å². The van der Waals surface area contributed by atoms with Crippen molar-refractivity contribution in [1.82, 2.24) is 0 Å². The highest BCUT2D eigenvalue weighted by Crippen LogP contribution is 2.23. The fraction of sp³-hybridized carbons (Fsp3) is 0.125. The third-order valence-corrected chi connectivity index (χ3v) is 3.65. The number of halogens is 1. The summed E-state index contributed by atoms with van der Waals surface area (Å²) in [6, 6.07) is 14.5. The van der Waals surface area contributed by atoms with Crippen LogP contribution in [0, 0.1) is 3.57 Å². The number of para-hydroxylation sites is 3. The van der Waals surface area contributed by atoms with Gasteiger partial charge < -0.3 is 15.4 Å². The molecule has 2 amide bonds. The molecule has 0 aliphatic heterocycles. The van der Waals surface area contributed by atoms with Gasteiger partial charge in [0.25, 0.3) is 5.91 Å². The van der Waals surface area contributed by atoms with Gasteiger partial charge in [-0.25, -0.2) is 0 Å². The zero-order chi connectivity index (χ0) is 15.9. The van der Waals surface area contributed by atoms with Gasteiger partial charge in [-0.2, -0.15) is 0 Å². The Morgan fingerprint density at radius 3 is 2.32 bits per heavy atom. The lowest BCUT2D eigenvalue weighted by molar-refractivity contribution is -0.118. The topological polar surface area (TPSA) is 67.4 Å². The summed E-state index contributed by atoms with van der Waals surface area (Å²) in [7, 11) is 0. The summed E-state index contributed by atoms with van der Waals surface area (Å²) in [6.07, 6.45) is 0. The summed E-state index contributed by atoms with van der Waals surface area (Å²) in [6.45, 7) is 1.28. The number of hydrogen-bond donors (Lipinski definition) is 2. The molecule has 0 bridgehead atoms. The average Bonchev–Trinajstić information content (AvgIpc) is 2.48. The van der Waals surface area contributed by atoms with Crippen molar-refractivity contribution in [2.45, 2.75) is 6.92 Å². The zero-order valence-corrected chi connectivity index (χ0v) is 14.1. The van der Waals surface area contributed by atoms with Crippen LogP contribution in [0.2, 0.25) is 0 Å². The molecule has 6 heteroatoms. The smallest absolute Gasteiger partial charge is 0.262 e. The van der Waals surface area contributed by atoms with E-state index in [2.05, 4.69) is 33.2 Å². The van der Waals surface area contributed by atoms with Crippen LogP contribution in [0.4, 0.5) is 11.4 Å². The summed E-state index contributed by atoms with van der Waals surface area (Å²) in [4.78, 5) is 23.1. The monoisotopic (exact) mass is 410 g/mol. The van der Waals surface area contributed by atoms with Crippen molar-refractivity contribution in [3.63, 3.8) is 0 Å². The fourth-order valence-corrected chi connectivity index (χ4v) is 2.30. The molecule has 0 atom stereocenters. The molecular weight excluding hydrogens is 395 g/mol. The molecule has 2 aromatic rings. The summed E-state index contributed by atoms with van der Waals surface area (Å²) in [5.41, 5.74) is 1.28. The number of hydrogen-bond acceptors (Lipinski definition) is 3. The van der Waals surface area contributed by atoms with Crippen molar-refractivity contribution >= 4 is 45.8 Å². The first-order valence-electron chi connectivity index (χ1n) is 6.60. The highest BCUT2D eigenvalue weighted by molar-refractivity contribution is 14.1. The first-order valence-corrected chi connectivity index (χ1v) is 7.68. The molecule has 2 rings (SSSR count). The van der Waals surface area contributed by atoms with Crippen molar-refractivity contribution in [3.8, 4) is 5.75 Å². The van der Waals surface area contributed by atoms with Crippen molar-refractivity contribution in [1.29, 1.82) is 0 Å². The second-order valence-corrected chi connectivity index (χ2v) is 5.66. The van der Waals surface area contributed by atoms with Gasteiger partial charge in [0.05, 0.1) is 11.4 Å². The maximum atomic E-state index is 11.9. The Balaban J connectivity index is 1.97. The van der Waals surface area contributed by atoms with Crippen LogP contribution in [0.25, 0.3) is 0 Å². The zero-order valence-electron chi connectivity index (χ0n) is 11.9. The molecule has 0 spiro atoms. The standard InChI is InChI=1S/C16H15IN2O3/c1-11(20)18-14-8-4-5-9-15(14)22-10-16(21)19-13-7-3-2-6-12(13)17/h2-9H,10H2,1H3,(H,18,20)(H,19,21). The highest BCUT2D eigenvalue weighted by Gasteiger charge is 2.09. The molecule has 0 aliphatic carbocycles. The summed E-state index contributed by atoms with van der Waals surface area (Å²) in [5.74, 6) is -0.00306. The van der Waals surface area contributed by atoms with E-state index >= 15 is 0 Å². The first kappa shape index (κ1) is 16.3. The normalized spacial score (nSPS) is 9.91. The number of ether oxygens (including phenoxy) is 1. The predicted molar refractivity (Wildman–Crippen MR) is 94.0 cm³/mol. The predicted octanol–water partition coefficient (Wildman–Crippen LogP) is 3.27. The Hall–Kier alpha value is -2.09. The molecule has 0 heterocycles. The largest absolute Gasteiger partial charge is 0.482 e. The second-order valence-electron chi connectivity index (χ2n) is 4.49. The molecule has 0 radical (unpaired) electrons. The van der Waals surface area contributed by atoms with E-state index in [-0.39, 0.29) is 18.4 Å². The number of carbonyl (C=O) groups excluding carboxylic acids is 2. The van der Waals surface area contributed by atoms with E-state index < -0.39 is 0 Å². The number of carbonyl (C=O) groups is 2. The number of rotatable bonds is 5. The molecule has 0 saturated heterocycles. The number of nitrogens with one attached hydrogen (secondary N) is 2. The van der Waals surface area contributed by atoms with Gasteiger partial charge >= 0.3 is 0 Å². The molecule has 0 aromatic heterocycles. The highest BCUT2D eigenvalue weighted by atomic mass is 127. The summed E-state index contributed by atoms with van der Waals surface area (Å²) < 4.78 is 6.43. The van der Waals surface area contributed by atoms with Crippen LogP contribution < -0.4 is 15.4 Å². The van der Waals surface area contributed by atoms with E-state index in [4.69, 9.17) is 4.74 Å². The maximum absolute atomic E-state index is 11.9. The van der Waals surface area contributed by atoms with Crippen molar-refractivity contribution in [2.75, 3.05) is 17.2 Å². The lowest BCUT2D eigenvalue weighted by Gasteiger charge is -2.12. The van der Waals surface area contributed by atoms with Crippen LogP contribution in [0.5, 0.6) is 5.75 Å². The Labute approximate surface area is 142 Å². The third-order valence-electron chi connectivity index (χ3n) is 2.70. The van der Waals surface area contributed by atoms with Crippen molar-refractivity contribution in [2.24, 2.45) is 0 Å². The van der Waals surface area contributed by atoms with Gasteiger partial charge in [0.1, 0.15) is 5.75 Å². The Morgan fingerprint density at radius 1 is 1.00 bits per heavy atom.